The fraction of sp³-hybridized carbons (Fsp3) is 0.435. The molecule has 1 unspecified atom stereocenters. The molecule has 2 aromatic rings. The van der Waals surface area contributed by atoms with Crippen LogP contribution in [0.3, 0.4) is 0 Å². The van der Waals surface area contributed by atoms with Crippen molar-refractivity contribution < 1.29 is 23.0 Å². The zero-order valence-corrected chi connectivity index (χ0v) is 21.3. The van der Waals surface area contributed by atoms with E-state index >= 15 is 0 Å². The highest BCUT2D eigenvalue weighted by Gasteiger charge is 2.24. The van der Waals surface area contributed by atoms with E-state index in [9.17, 15) is 8.78 Å². The van der Waals surface area contributed by atoms with E-state index in [-0.39, 0.29) is 42.3 Å². The maximum absolute atomic E-state index is 12.7. The number of guanidine groups is 1. The third-order valence-electron chi connectivity index (χ3n) is 5.17. The van der Waals surface area contributed by atoms with E-state index in [1.165, 1.54) is 6.07 Å². The molecule has 0 bridgehead atoms. The molecule has 0 spiro atoms. The molecule has 1 aliphatic heterocycles. The number of rotatable bonds is 9. The van der Waals surface area contributed by atoms with Crippen LogP contribution in [0.15, 0.2) is 47.5 Å². The number of hydrogen-bond acceptors (Lipinski definition) is 5. The fourth-order valence-electron chi connectivity index (χ4n) is 3.61. The van der Waals surface area contributed by atoms with Crippen molar-refractivity contribution >= 4 is 35.6 Å². The SMILES string of the molecule is CCNC(=NCc1ccccc1OC(F)F)NC1CCN(c2cc(OC)cc(OC)c2)C1.I. The van der Waals surface area contributed by atoms with Crippen LogP contribution in [-0.4, -0.2) is 52.5 Å². The van der Waals surface area contributed by atoms with Gasteiger partial charge >= 0.3 is 6.61 Å². The molecule has 7 nitrogen and oxygen atoms in total. The van der Waals surface area contributed by atoms with Gasteiger partial charge in [-0.25, -0.2) is 4.99 Å². The van der Waals surface area contributed by atoms with Gasteiger partial charge in [-0.15, -0.1) is 24.0 Å². The summed E-state index contributed by atoms with van der Waals surface area (Å²) in [5.41, 5.74) is 1.63. The van der Waals surface area contributed by atoms with E-state index in [1.54, 1.807) is 32.4 Å². The predicted octanol–water partition coefficient (Wildman–Crippen LogP) is 4.26. The van der Waals surface area contributed by atoms with Crippen LogP contribution in [0.4, 0.5) is 14.5 Å². The number of hydrogen-bond donors (Lipinski definition) is 2. The third-order valence-corrected chi connectivity index (χ3v) is 5.17. The molecule has 0 aromatic heterocycles. The highest BCUT2D eigenvalue weighted by molar-refractivity contribution is 14.0. The fourth-order valence-corrected chi connectivity index (χ4v) is 3.61. The van der Waals surface area contributed by atoms with Crippen molar-refractivity contribution in [3.8, 4) is 17.2 Å². The van der Waals surface area contributed by atoms with Crippen molar-refractivity contribution in [3.05, 3.63) is 48.0 Å². The van der Waals surface area contributed by atoms with Crippen molar-refractivity contribution in [2.45, 2.75) is 32.5 Å². The summed E-state index contributed by atoms with van der Waals surface area (Å²) in [6.07, 6.45) is 0.926. The molecule has 2 aromatic carbocycles. The molecule has 0 amide bonds. The van der Waals surface area contributed by atoms with Crippen molar-refractivity contribution in [1.82, 2.24) is 10.6 Å². The van der Waals surface area contributed by atoms with Crippen LogP contribution in [0.25, 0.3) is 0 Å². The van der Waals surface area contributed by atoms with Gasteiger partial charge in [-0.05, 0) is 19.4 Å². The Balaban J connectivity index is 0.00000385. The van der Waals surface area contributed by atoms with Gasteiger partial charge in [0.15, 0.2) is 5.96 Å². The normalized spacial score (nSPS) is 15.8. The summed E-state index contributed by atoms with van der Waals surface area (Å²) in [4.78, 5) is 6.84. The summed E-state index contributed by atoms with van der Waals surface area (Å²) >= 11 is 0. The molecule has 10 heteroatoms. The van der Waals surface area contributed by atoms with Gasteiger partial charge in [0, 0.05) is 55.1 Å². The Labute approximate surface area is 210 Å². The summed E-state index contributed by atoms with van der Waals surface area (Å²) in [7, 11) is 3.27. The second-order valence-electron chi connectivity index (χ2n) is 7.33. The molecule has 0 saturated carbocycles. The lowest BCUT2D eigenvalue weighted by Crippen LogP contribution is -2.44. The maximum Gasteiger partial charge on any atom is 0.387 e. The Morgan fingerprint density at radius 2 is 1.85 bits per heavy atom. The standard InChI is InChI=1S/C23H30F2N4O3.HI/c1-4-26-23(27-14-16-7-5-6-8-21(16)32-22(24)25)28-17-9-10-29(15-17)18-11-19(30-2)13-20(12-18)31-3;/h5-8,11-13,17,22H,4,9-10,14-15H2,1-3H3,(H2,26,27,28);1H. The number of methoxy groups -OCH3 is 2. The van der Waals surface area contributed by atoms with Gasteiger partial charge in [-0.2, -0.15) is 8.78 Å². The minimum Gasteiger partial charge on any atom is -0.497 e. The predicted molar refractivity (Wildman–Crippen MR) is 137 cm³/mol. The first kappa shape index (κ1) is 26.7. The zero-order valence-electron chi connectivity index (χ0n) is 19.0. The minimum absolute atomic E-state index is 0. The summed E-state index contributed by atoms with van der Waals surface area (Å²) in [5.74, 6) is 2.27. The molecular weight excluding hydrogens is 545 g/mol. The van der Waals surface area contributed by atoms with E-state index in [2.05, 4.69) is 25.3 Å². The van der Waals surface area contributed by atoms with Crippen molar-refractivity contribution in [1.29, 1.82) is 0 Å². The number of anilines is 1. The van der Waals surface area contributed by atoms with Crippen LogP contribution in [0.5, 0.6) is 17.2 Å². The van der Waals surface area contributed by atoms with Gasteiger partial charge in [0.2, 0.25) is 0 Å². The largest absolute Gasteiger partial charge is 0.497 e. The van der Waals surface area contributed by atoms with Gasteiger partial charge in [-0.1, -0.05) is 18.2 Å². The van der Waals surface area contributed by atoms with Crippen LogP contribution < -0.4 is 29.7 Å². The first-order valence-corrected chi connectivity index (χ1v) is 10.6. The lowest BCUT2D eigenvalue weighted by atomic mass is 10.2. The Kier molecular flexibility index (Phi) is 10.8. The Morgan fingerprint density at radius 3 is 2.48 bits per heavy atom. The topological polar surface area (TPSA) is 67.4 Å². The van der Waals surface area contributed by atoms with E-state index in [4.69, 9.17) is 9.47 Å². The number of aliphatic imine (C=N–C) groups is 1. The average molecular weight is 576 g/mol. The van der Waals surface area contributed by atoms with Crippen LogP contribution in [0.1, 0.15) is 18.9 Å². The molecule has 1 atom stereocenters. The summed E-state index contributed by atoms with van der Waals surface area (Å²) in [5, 5.41) is 6.67. The lowest BCUT2D eigenvalue weighted by Gasteiger charge is -2.21. The molecule has 3 rings (SSSR count). The minimum atomic E-state index is -2.87. The third kappa shape index (κ3) is 7.79. The molecule has 0 radical (unpaired) electrons. The second kappa shape index (κ2) is 13.3. The number of halogens is 3. The van der Waals surface area contributed by atoms with Gasteiger partial charge in [0.1, 0.15) is 17.2 Å². The number of para-hydroxylation sites is 1. The quantitative estimate of drug-likeness (QED) is 0.265. The van der Waals surface area contributed by atoms with Gasteiger partial charge in [0.25, 0.3) is 0 Å². The van der Waals surface area contributed by atoms with Crippen molar-refractivity contribution in [2.75, 3.05) is 38.8 Å². The highest BCUT2D eigenvalue weighted by atomic mass is 127. The van der Waals surface area contributed by atoms with E-state index in [1.807, 2.05) is 25.1 Å². The zero-order chi connectivity index (χ0) is 22.9. The Morgan fingerprint density at radius 1 is 1.15 bits per heavy atom. The average Bonchev–Trinajstić information content (AvgIpc) is 3.26. The van der Waals surface area contributed by atoms with Crippen molar-refractivity contribution in [3.63, 3.8) is 0 Å². The lowest BCUT2D eigenvalue weighted by molar-refractivity contribution is -0.0504. The second-order valence-corrected chi connectivity index (χ2v) is 7.33. The smallest absolute Gasteiger partial charge is 0.387 e. The first-order valence-electron chi connectivity index (χ1n) is 10.6. The van der Waals surface area contributed by atoms with E-state index in [0.717, 1.165) is 36.7 Å². The molecule has 1 fully saturated rings. The summed E-state index contributed by atoms with van der Waals surface area (Å²) < 4.78 is 40.7. The molecule has 1 saturated heterocycles. The number of nitrogens with one attached hydrogen (secondary N) is 2. The Hall–Kier alpha value is -2.50. The van der Waals surface area contributed by atoms with E-state index in [0.29, 0.717) is 18.1 Å². The molecule has 0 aliphatic carbocycles. The molecule has 1 aliphatic rings. The number of ether oxygens (including phenoxy) is 3. The molecular formula is C23H31F2IN4O3. The van der Waals surface area contributed by atoms with E-state index < -0.39 is 6.61 Å². The molecule has 2 N–H and O–H groups in total. The maximum atomic E-state index is 12.7. The number of alkyl halides is 2. The first-order chi connectivity index (χ1) is 15.5. The highest BCUT2D eigenvalue weighted by Crippen LogP contribution is 2.30. The van der Waals surface area contributed by atoms with Crippen LogP contribution in [-0.2, 0) is 6.54 Å². The van der Waals surface area contributed by atoms with Gasteiger partial charge in [0.05, 0.1) is 20.8 Å². The van der Waals surface area contributed by atoms with Crippen molar-refractivity contribution in [2.24, 2.45) is 4.99 Å². The monoisotopic (exact) mass is 576 g/mol. The molecule has 1 heterocycles. The summed E-state index contributed by atoms with van der Waals surface area (Å²) in [6.45, 7) is 1.68. The number of nitrogens with zero attached hydrogens (tertiary/aromatic N) is 2. The Bertz CT molecular complexity index is 895. The molecule has 33 heavy (non-hydrogen) atoms. The van der Waals surface area contributed by atoms with Crippen LogP contribution in [0.2, 0.25) is 0 Å². The van der Waals surface area contributed by atoms with Gasteiger partial charge < -0.3 is 29.7 Å². The van der Waals surface area contributed by atoms with Crippen LogP contribution in [0, 0.1) is 0 Å². The summed E-state index contributed by atoms with van der Waals surface area (Å²) in [6, 6.07) is 12.7. The number of benzene rings is 2. The van der Waals surface area contributed by atoms with Gasteiger partial charge in [-0.3, -0.25) is 0 Å². The molecule has 182 valence electrons. The van der Waals surface area contributed by atoms with Crippen LogP contribution >= 0.6 is 24.0 Å².